The molecule has 1 amide bonds. The number of hydrogen-bond acceptors (Lipinski definition) is 4. The van der Waals surface area contributed by atoms with E-state index >= 15 is 0 Å². The maximum atomic E-state index is 12.5. The van der Waals surface area contributed by atoms with E-state index in [1.54, 1.807) is 0 Å². The number of imidazole rings is 1. The van der Waals surface area contributed by atoms with Crippen LogP contribution in [0.4, 0.5) is 5.69 Å². The van der Waals surface area contributed by atoms with Crippen LogP contribution in [0.15, 0.2) is 77.2 Å². The van der Waals surface area contributed by atoms with Crippen LogP contribution in [0.2, 0.25) is 0 Å². The highest BCUT2D eigenvalue weighted by Gasteiger charge is 2.48. The fraction of sp³-hybridized carbons (Fsp3) is 0.364. The summed E-state index contributed by atoms with van der Waals surface area (Å²) in [6.45, 7) is 2.85. The number of carbonyl (C=O) groups is 1. The summed E-state index contributed by atoms with van der Waals surface area (Å²) in [7, 11) is 2.10. The van der Waals surface area contributed by atoms with E-state index in [1.165, 1.54) is 24.2 Å². The van der Waals surface area contributed by atoms with Crippen molar-refractivity contribution in [1.29, 1.82) is 0 Å². The van der Waals surface area contributed by atoms with E-state index in [0.29, 0.717) is 5.92 Å². The van der Waals surface area contributed by atoms with Gasteiger partial charge in [0, 0.05) is 47.9 Å². The number of benzene rings is 2. The standard InChI is InChI=1S/C33H35N5O/c1-21-6-4-3-5-7-28(22-8-10-23(11-9-22)29-19-38(2)31(37-29)24-12-13-24)36-30(21)35-25-14-15-26-27(18-25)33(16-17-33)20-34-32(26)39/h4,6,8-11,14-15,18-19,24,35H,3,5,7,12-13,16-17,20H2,1-2H3,(H,34,39)/b6-4-,30-21-,36-28+. The van der Waals surface area contributed by atoms with Gasteiger partial charge >= 0.3 is 0 Å². The van der Waals surface area contributed by atoms with Crippen molar-refractivity contribution < 1.29 is 4.79 Å². The van der Waals surface area contributed by atoms with Crippen LogP contribution in [0.25, 0.3) is 11.3 Å². The predicted octanol–water partition coefficient (Wildman–Crippen LogP) is 6.61. The Labute approximate surface area is 230 Å². The number of amides is 1. The molecule has 1 spiro atoms. The van der Waals surface area contributed by atoms with Gasteiger partial charge in [0.2, 0.25) is 0 Å². The van der Waals surface area contributed by atoms with Gasteiger partial charge in [0.05, 0.1) is 11.4 Å². The number of hydrogen-bond donors (Lipinski definition) is 2. The van der Waals surface area contributed by atoms with Crippen molar-refractivity contribution in [3.8, 4) is 11.3 Å². The molecule has 6 nitrogen and oxygen atoms in total. The number of aromatic nitrogens is 2. The SMILES string of the molecule is CC1=C(Nc2ccc3c(c2)C2(CC2)CNC3=O)/N=C(/c2ccc(-c3cn(C)c(C4CC4)n3)cc2)CCC/C=C\1. The van der Waals surface area contributed by atoms with Crippen molar-refractivity contribution >= 4 is 17.3 Å². The molecule has 2 saturated carbocycles. The Morgan fingerprint density at radius 1 is 1.08 bits per heavy atom. The summed E-state index contributed by atoms with van der Waals surface area (Å²) >= 11 is 0. The molecule has 4 aliphatic rings. The number of rotatable bonds is 5. The topological polar surface area (TPSA) is 71.3 Å². The van der Waals surface area contributed by atoms with Crippen LogP contribution in [-0.4, -0.2) is 27.7 Å². The van der Waals surface area contributed by atoms with Crippen LogP contribution in [0.3, 0.4) is 0 Å². The van der Waals surface area contributed by atoms with Gasteiger partial charge in [0.15, 0.2) is 0 Å². The summed E-state index contributed by atoms with van der Waals surface area (Å²) in [5.74, 6) is 2.73. The zero-order valence-electron chi connectivity index (χ0n) is 22.8. The Morgan fingerprint density at radius 2 is 1.87 bits per heavy atom. The van der Waals surface area contributed by atoms with Gasteiger partial charge in [-0.25, -0.2) is 9.98 Å². The van der Waals surface area contributed by atoms with Crippen LogP contribution in [0.5, 0.6) is 0 Å². The molecule has 1 aromatic heterocycles. The first kappa shape index (κ1) is 24.1. The van der Waals surface area contributed by atoms with Crippen molar-refractivity contribution in [2.45, 2.75) is 63.2 Å². The number of allylic oxidation sites excluding steroid dienone is 3. The second kappa shape index (κ2) is 9.37. The van der Waals surface area contributed by atoms with E-state index in [1.807, 2.05) is 12.1 Å². The molecule has 198 valence electrons. The number of fused-ring (bicyclic) bond motifs is 2. The molecular weight excluding hydrogens is 482 g/mol. The maximum absolute atomic E-state index is 12.5. The molecule has 0 bridgehead atoms. The summed E-state index contributed by atoms with van der Waals surface area (Å²) < 4.78 is 2.18. The number of aryl methyl sites for hydroxylation is 1. The van der Waals surface area contributed by atoms with E-state index in [4.69, 9.17) is 9.98 Å². The molecule has 2 aliphatic carbocycles. The van der Waals surface area contributed by atoms with Crippen molar-refractivity contribution in [2.24, 2.45) is 12.0 Å². The lowest BCUT2D eigenvalue weighted by Crippen LogP contribution is -2.39. The molecule has 6 heteroatoms. The van der Waals surface area contributed by atoms with Gasteiger partial charge in [0.1, 0.15) is 11.6 Å². The number of nitrogens with zero attached hydrogens (tertiary/aromatic N) is 3. The third kappa shape index (κ3) is 4.62. The molecule has 0 saturated heterocycles. The molecule has 0 radical (unpaired) electrons. The third-order valence-corrected chi connectivity index (χ3v) is 8.68. The highest BCUT2D eigenvalue weighted by molar-refractivity contribution is 6.02. The molecule has 7 rings (SSSR count). The molecule has 2 N–H and O–H groups in total. The number of aliphatic imine (C=N–C) groups is 1. The average molecular weight is 518 g/mol. The Bertz CT molecular complexity index is 1550. The van der Waals surface area contributed by atoms with Crippen molar-refractivity contribution in [1.82, 2.24) is 14.9 Å². The minimum Gasteiger partial charge on any atom is -0.351 e. The first-order valence-electron chi connectivity index (χ1n) is 14.3. The fourth-order valence-corrected chi connectivity index (χ4v) is 5.95. The third-order valence-electron chi connectivity index (χ3n) is 8.68. The average Bonchev–Trinajstić information content (AvgIpc) is 3.88. The Balaban J connectivity index is 1.19. The van der Waals surface area contributed by atoms with Crippen LogP contribution in [-0.2, 0) is 12.5 Å². The predicted molar refractivity (Wildman–Crippen MR) is 156 cm³/mol. The number of carbonyl (C=O) groups excluding carboxylic acids is 1. The van der Waals surface area contributed by atoms with Gasteiger partial charge in [0.25, 0.3) is 5.91 Å². The molecule has 3 aromatic rings. The van der Waals surface area contributed by atoms with Crippen molar-refractivity contribution in [3.63, 3.8) is 0 Å². The van der Waals surface area contributed by atoms with E-state index in [-0.39, 0.29) is 11.3 Å². The zero-order valence-corrected chi connectivity index (χ0v) is 22.8. The van der Waals surface area contributed by atoms with Gasteiger partial charge in [-0.1, -0.05) is 36.4 Å². The van der Waals surface area contributed by atoms with Gasteiger partial charge in [-0.15, -0.1) is 0 Å². The van der Waals surface area contributed by atoms with E-state index in [0.717, 1.165) is 83.8 Å². The molecule has 3 heterocycles. The molecule has 0 unspecified atom stereocenters. The van der Waals surface area contributed by atoms with Crippen molar-refractivity contribution in [2.75, 3.05) is 11.9 Å². The Morgan fingerprint density at radius 3 is 2.64 bits per heavy atom. The number of anilines is 1. The second-order valence-corrected chi connectivity index (χ2v) is 11.7. The van der Waals surface area contributed by atoms with E-state index in [9.17, 15) is 4.79 Å². The van der Waals surface area contributed by atoms with Crippen molar-refractivity contribution in [3.05, 3.63) is 94.7 Å². The minimum absolute atomic E-state index is 0.0352. The summed E-state index contributed by atoms with van der Waals surface area (Å²) in [5, 5.41) is 6.68. The summed E-state index contributed by atoms with van der Waals surface area (Å²) in [5.41, 5.74) is 8.60. The maximum Gasteiger partial charge on any atom is 0.251 e. The Kier molecular flexibility index (Phi) is 5.80. The van der Waals surface area contributed by atoms with Crippen LogP contribution in [0, 0.1) is 0 Å². The monoisotopic (exact) mass is 517 g/mol. The largest absolute Gasteiger partial charge is 0.351 e. The first-order chi connectivity index (χ1) is 19.0. The summed E-state index contributed by atoms with van der Waals surface area (Å²) in [6, 6.07) is 14.9. The lowest BCUT2D eigenvalue weighted by molar-refractivity contribution is 0.0937. The normalized spacial score (nSPS) is 24.1. The molecule has 2 fully saturated rings. The van der Waals surface area contributed by atoms with Gasteiger partial charge in [-0.2, -0.15) is 0 Å². The second-order valence-electron chi connectivity index (χ2n) is 11.7. The lowest BCUT2D eigenvalue weighted by atomic mass is 9.87. The summed E-state index contributed by atoms with van der Waals surface area (Å²) in [4.78, 5) is 22.6. The van der Waals surface area contributed by atoms with Gasteiger partial charge in [-0.05, 0) is 86.8 Å². The highest BCUT2D eigenvalue weighted by Crippen LogP contribution is 2.51. The zero-order chi connectivity index (χ0) is 26.6. The fourth-order valence-electron chi connectivity index (χ4n) is 5.95. The van der Waals surface area contributed by atoms with E-state index < -0.39 is 0 Å². The first-order valence-corrected chi connectivity index (χ1v) is 14.3. The summed E-state index contributed by atoms with van der Waals surface area (Å²) in [6.07, 6.45) is 14.3. The molecular formula is C33H35N5O. The molecule has 0 atom stereocenters. The lowest BCUT2D eigenvalue weighted by Gasteiger charge is -2.26. The highest BCUT2D eigenvalue weighted by atomic mass is 16.1. The Hall–Kier alpha value is -3.93. The van der Waals surface area contributed by atoms with Crippen LogP contribution < -0.4 is 10.6 Å². The van der Waals surface area contributed by atoms with Gasteiger partial charge < -0.3 is 15.2 Å². The van der Waals surface area contributed by atoms with Crippen LogP contribution >= 0.6 is 0 Å². The minimum atomic E-state index is 0.0352. The molecule has 2 aliphatic heterocycles. The smallest absolute Gasteiger partial charge is 0.251 e. The van der Waals surface area contributed by atoms with E-state index in [2.05, 4.69) is 77.9 Å². The number of nitrogens with one attached hydrogen (secondary N) is 2. The van der Waals surface area contributed by atoms with Crippen LogP contribution in [0.1, 0.15) is 85.1 Å². The van der Waals surface area contributed by atoms with Gasteiger partial charge in [-0.3, -0.25) is 4.79 Å². The molecule has 39 heavy (non-hydrogen) atoms. The quantitative estimate of drug-likeness (QED) is 0.400. The molecule has 2 aromatic carbocycles.